The van der Waals surface area contributed by atoms with Crippen LogP contribution in [0.1, 0.15) is 43.9 Å². The van der Waals surface area contributed by atoms with Gasteiger partial charge in [-0.05, 0) is 58.0 Å². The molecule has 1 fully saturated rings. The van der Waals surface area contributed by atoms with Crippen LogP contribution in [0.3, 0.4) is 0 Å². The van der Waals surface area contributed by atoms with Crippen molar-refractivity contribution in [2.75, 3.05) is 29.5 Å². The molecule has 0 amide bonds. The largest absolute Gasteiger partial charge is 0.463 e. The lowest BCUT2D eigenvalue weighted by Gasteiger charge is -2.37. The molecule has 0 spiro atoms. The average molecular weight is 438 g/mol. The Kier molecular flexibility index (Phi) is 6.18. The number of benzene rings is 1. The van der Waals surface area contributed by atoms with Crippen molar-refractivity contribution in [3.8, 4) is 0 Å². The summed E-state index contributed by atoms with van der Waals surface area (Å²) in [5, 5.41) is 3.83. The van der Waals surface area contributed by atoms with Gasteiger partial charge in [0.25, 0.3) is 0 Å². The van der Waals surface area contributed by atoms with Gasteiger partial charge in [-0.1, -0.05) is 17.7 Å². The number of esters is 1. The van der Waals surface area contributed by atoms with Crippen LogP contribution >= 0.6 is 12.2 Å². The highest BCUT2D eigenvalue weighted by molar-refractivity contribution is 7.80. The smallest absolute Gasteiger partial charge is 0.338 e. The van der Waals surface area contributed by atoms with Gasteiger partial charge in [-0.25, -0.2) is 14.8 Å². The number of thiocarbonyl (C=S) groups is 1. The summed E-state index contributed by atoms with van der Waals surface area (Å²) >= 11 is 5.69. The number of hydrogen-bond donors (Lipinski definition) is 1. The van der Waals surface area contributed by atoms with Gasteiger partial charge in [0.05, 0.1) is 18.2 Å². The molecule has 31 heavy (non-hydrogen) atoms. The second kappa shape index (κ2) is 9.01. The van der Waals surface area contributed by atoms with E-state index in [1.165, 1.54) is 0 Å². The summed E-state index contributed by atoms with van der Waals surface area (Å²) in [6.07, 6.45) is 5.87. The fourth-order valence-electron chi connectivity index (χ4n) is 4.03. The van der Waals surface area contributed by atoms with Crippen LogP contribution < -0.4 is 15.1 Å². The van der Waals surface area contributed by atoms with E-state index in [9.17, 15) is 4.79 Å². The Morgan fingerprint density at radius 2 is 1.81 bits per heavy atom. The summed E-state index contributed by atoms with van der Waals surface area (Å²) in [7, 11) is 0. The van der Waals surface area contributed by atoms with Crippen LogP contribution in [-0.4, -0.2) is 40.7 Å². The molecule has 0 aliphatic carbocycles. The van der Waals surface area contributed by atoms with Crippen LogP contribution in [0.5, 0.6) is 0 Å². The van der Waals surface area contributed by atoms with Gasteiger partial charge in [-0.3, -0.25) is 4.90 Å². The number of allylic oxidation sites excluding steroid dienone is 1. The highest BCUT2D eigenvalue weighted by Gasteiger charge is 2.36. The van der Waals surface area contributed by atoms with Crippen LogP contribution in [0.2, 0.25) is 0 Å². The van der Waals surface area contributed by atoms with Gasteiger partial charge in [0.2, 0.25) is 5.95 Å². The van der Waals surface area contributed by atoms with Crippen molar-refractivity contribution in [2.45, 2.75) is 39.7 Å². The molecule has 8 heteroatoms. The first kappa shape index (κ1) is 21.2. The highest BCUT2D eigenvalue weighted by atomic mass is 32.1. The maximum atomic E-state index is 13.0. The summed E-state index contributed by atoms with van der Waals surface area (Å²) < 4.78 is 5.39. The molecule has 1 aromatic heterocycles. The first-order valence-corrected chi connectivity index (χ1v) is 11.0. The minimum Gasteiger partial charge on any atom is -0.463 e. The van der Waals surface area contributed by atoms with Crippen molar-refractivity contribution in [3.05, 3.63) is 59.1 Å². The Hall–Kier alpha value is -3.00. The maximum Gasteiger partial charge on any atom is 0.338 e. The normalized spacial score (nSPS) is 18.9. The number of aromatic nitrogens is 2. The summed E-state index contributed by atoms with van der Waals surface area (Å²) in [6.45, 7) is 7.97. The van der Waals surface area contributed by atoms with Gasteiger partial charge in [0, 0.05) is 42.4 Å². The summed E-state index contributed by atoms with van der Waals surface area (Å²) in [5.41, 5.74) is 4.06. The van der Waals surface area contributed by atoms with E-state index in [1.807, 2.05) is 43.0 Å². The fourth-order valence-corrected chi connectivity index (χ4v) is 4.39. The standard InChI is InChI=1S/C23H27N5O2S/c1-4-30-21(29)19-16(3)28(18-9-7-15(2)8-10-18)23(31)26-20(19)17-13-24-22(25-14-17)27-11-5-6-12-27/h7-10,13-14,20H,4-6,11-12H2,1-3H3,(H,26,31). The Bertz CT molecular complexity index is 998. The molecule has 4 rings (SSSR count). The Balaban J connectivity index is 1.72. The molecule has 3 heterocycles. The van der Waals surface area contributed by atoms with Crippen molar-refractivity contribution in [1.82, 2.24) is 15.3 Å². The molecule has 1 atom stereocenters. The molecule has 2 aliphatic heterocycles. The number of rotatable bonds is 5. The van der Waals surface area contributed by atoms with Crippen LogP contribution in [0, 0.1) is 6.92 Å². The molecule has 1 unspecified atom stereocenters. The zero-order valence-corrected chi connectivity index (χ0v) is 18.9. The monoisotopic (exact) mass is 437 g/mol. The molecule has 1 aromatic carbocycles. The van der Waals surface area contributed by atoms with Crippen LogP contribution in [0.15, 0.2) is 47.9 Å². The minimum absolute atomic E-state index is 0.293. The van der Waals surface area contributed by atoms with E-state index in [1.54, 1.807) is 19.3 Å². The molecule has 0 bridgehead atoms. The molecule has 0 saturated carbocycles. The van der Waals surface area contributed by atoms with Gasteiger partial charge in [-0.2, -0.15) is 0 Å². The lowest BCUT2D eigenvalue weighted by atomic mass is 9.96. The lowest BCUT2D eigenvalue weighted by Crippen LogP contribution is -2.48. The molecule has 1 N–H and O–H groups in total. The number of carbonyl (C=O) groups excluding carboxylic acids is 1. The maximum absolute atomic E-state index is 13.0. The van der Waals surface area contributed by atoms with E-state index in [4.69, 9.17) is 17.0 Å². The molecule has 162 valence electrons. The van der Waals surface area contributed by atoms with Gasteiger partial charge in [0.15, 0.2) is 5.11 Å². The van der Waals surface area contributed by atoms with E-state index in [0.717, 1.165) is 54.4 Å². The number of carbonyl (C=O) groups is 1. The summed E-state index contributed by atoms with van der Waals surface area (Å²) in [6, 6.07) is 7.55. The number of aryl methyl sites for hydroxylation is 1. The second-order valence-corrected chi connectivity index (χ2v) is 8.17. The third kappa shape index (κ3) is 4.25. The zero-order chi connectivity index (χ0) is 22.0. The Morgan fingerprint density at radius 3 is 2.42 bits per heavy atom. The molecular weight excluding hydrogens is 410 g/mol. The van der Waals surface area contributed by atoms with E-state index >= 15 is 0 Å². The van der Waals surface area contributed by atoms with Gasteiger partial charge in [-0.15, -0.1) is 0 Å². The number of ether oxygens (including phenoxy) is 1. The van der Waals surface area contributed by atoms with Crippen molar-refractivity contribution < 1.29 is 9.53 Å². The molecule has 7 nitrogen and oxygen atoms in total. The molecular formula is C23H27N5O2S. The van der Waals surface area contributed by atoms with Crippen LogP contribution in [-0.2, 0) is 9.53 Å². The van der Waals surface area contributed by atoms with Gasteiger partial charge < -0.3 is 15.0 Å². The quantitative estimate of drug-likeness (QED) is 0.561. The predicted octanol–water partition coefficient (Wildman–Crippen LogP) is 3.66. The van der Waals surface area contributed by atoms with Crippen LogP contribution in [0.25, 0.3) is 0 Å². The number of anilines is 2. The first-order valence-electron chi connectivity index (χ1n) is 10.6. The van der Waals surface area contributed by atoms with Gasteiger partial charge >= 0.3 is 5.97 Å². The van der Waals surface area contributed by atoms with Gasteiger partial charge in [0.1, 0.15) is 0 Å². The fraction of sp³-hybridized carbons (Fsp3) is 0.391. The number of nitrogens with one attached hydrogen (secondary N) is 1. The minimum atomic E-state index is -0.471. The Labute approximate surface area is 188 Å². The second-order valence-electron chi connectivity index (χ2n) is 7.78. The highest BCUT2D eigenvalue weighted by Crippen LogP contribution is 2.34. The van der Waals surface area contributed by atoms with E-state index < -0.39 is 6.04 Å². The molecule has 0 radical (unpaired) electrons. The van der Waals surface area contributed by atoms with Crippen molar-refractivity contribution in [3.63, 3.8) is 0 Å². The summed E-state index contributed by atoms with van der Waals surface area (Å²) in [4.78, 5) is 26.1. The van der Waals surface area contributed by atoms with Crippen LogP contribution in [0.4, 0.5) is 11.6 Å². The third-order valence-corrected chi connectivity index (χ3v) is 5.95. The van der Waals surface area contributed by atoms with E-state index in [0.29, 0.717) is 17.3 Å². The molecule has 2 aromatic rings. The first-order chi connectivity index (χ1) is 15.0. The van der Waals surface area contributed by atoms with E-state index in [2.05, 4.69) is 20.2 Å². The zero-order valence-electron chi connectivity index (χ0n) is 18.1. The molecule has 2 aliphatic rings. The third-order valence-electron chi connectivity index (χ3n) is 5.65. The summed E-state index contributed by atoms with van der Waals surface area (Å²) in [5.74, 6) is 0.347. The molecule has 1 saturated heterocycles. The average Bonchev–Trinajstić information content (AvgIpc) is 3.30. The van der Waals surface area contributed by atoms with Crippen molar-refractivity contribution in [1.29, 1.82) is 0 Å². The van der Waals surface area contributed by atoms with Crippen molar-refractivity contribution in [2.24, 2.45) is 0 Å². The topological polar surface area (TPSA) is 70.6 Å². The number of hydrogen-bond acceptors (Lipinski definition) is 6. The predicted molar refractivity (Wildman–Crippen MR) is 125 cm³/mol. The SMILES string of the molecule is CCOC(=O)C1=C(C)N(c2ccc(C)cc2)C(=S)NC1c1cnc(N2CCCC2)nc1. The van der Waals surface area contributed by atoms with Crippen molar-refractivity contribution >= 4 is 34.9 Å². The Morgan fingerprint density at radius 1 is 1.16 bits per heavy atom. The number of nitrogens with zero attached hydrogens (tertiary/aromatic N) is 4. The lowest BCUT2D eigenvalue weighted by molar-refractivity contribution is -0.139. The van der Waals surface area contributed by atoms with E-state index in [-0.39, 0.29) is 5.97 Å².